The van der Waals surface area contributed by atoms with E-state index in [0.717, 1.165) is 25.7 Å². The van der Waals surface area contributed by atoms with E-state index in [9.17, 15) is 4.79 Å². The summed E-state index contributed by atoms with van der Waals surface area (Å²) in [6, 6.07) is 0. The van der Waals surface area contributed by atoms with Crippen LogP contribution in [0.25, 0.3) is 0 Å². The maximum atomic E-state index is 14.1. The summed E-state index contributed by atoms with van der Waals surface area (Å²) in [6.07, 6.45) is 7.14. The number of ether oxygens (including phenoxy) is 3. The Hall–Kier alpha value is -0.710. The molecule has 29 heavy (non-hydrogen) atoms. The van der Waals surface area contributed by atoms with Gasteiger partial charge in [-0.15, -0.1) is 6.58 Å². The minimum atomic E-state index is -0.485. The molecule has 0 spiro atoms. The van der Waals surface area contributed by atoms with Gasteiger partial charge in [-0.25, -0.2) is 0 Å². The Labute approximate surface area is 177 Å². The van der Waals surface area contributed by atoms with Crippen LogP contribution in [0.15, 0.2) is 12.7 Å². The number of allylic oxidation sites excluding steroid dienone is 1. The van der Waals surface area contributed by atoms with Crippen molar-refractivity contribution in [1.82, 2.24) is 0 Å². The fourth-order valence-electron chi connectivity index (χ4n) is 7.50. The molecule has 0 aromatic rings. The molecule has 166 valence electrons. The Morgan fingerprint density at radius 2 is 1.86 bits per heavy atom. The van der Waals surface area contributed by atoms with Crippen LogP contribution in [0.5, 0.6) is 0 Å². The van der Waals surface area contributed by atoms with E-state index < -0.39 is 5.41 Å². The number of Topliss-reactive ketones (excluding diaryl/α,β-unsaturated/α-hetero) is 1. The van der Waals surface area contributed by atoms with Crippen molar-refractivity contribution in [3.05, 3.63) is 12.7 Å². The third-order valence-electron chi connectivity index (χ3n) is 9.83. The average molecular weight is 407 g/mol. The van der Waals surface area contributed by atoms with Gasteiger partial charge in [0, 0.05) is 31.0 Å². The van der Waals surface area contributed by atoms with Crippen molar-refractivity contribution in [1.29, 1.82) is 0 Å². The van der Waals surface area contributed by atoms with E-state index in [-0.39, 0.29) is 41.7 Å². The first-order chi connectivity index (χ1) is 13.6. The highest BCUT2D eigenvalue weighted by Gasteiger charge is 2.68. The first kappa shape index (κ1) is 23.0. The van der Waals surface area contributed by atoms with E-state index in [1.165, 1.54) is 0 Å². The molecule has 2 bridgehead atoms. The zero-order valence-corrected chi connectivity index (χ0v) is 19.6. The van der Waals surface area contributed by atoms with Gasteiger partial charge in [0.2, 0.25) is 0 Å². The third-order valence-corrected chi connectivity index (χ3v) is 9.83. The normalized spacial score (nSPS) is 48.5. The van der Waals surface area contributed by atoms with Gasteiger partial charge >= 0.3 is 0 Å². The molecule has 3 rings (SSSR count). The molecule has 0 heterocycles. The van der Waals surface area contributed by atoms with E-state index in [4.69, 9.17) is 14.2 Å². The second-order valence-electron chi connectivity index (χ2n) is 10.6. The number of hydrogen-bond donors (Lipinski definition) is 0. The second-order valence-corrected chi connectivity index (χ2v) is 10.6. The molecule has 3 unspecified atom stereocenters. The summed E-state index contributed by atoms with van der Waals surface area (Å²) in [6.45, 7) is 15.6. The summed E-state index contributed by atoms with van der Waals surface area (Å²) >= 11 is 0. The molecule has 0 saturated heterocycles. The fraction of sp³-hybridized carbons (Fsp3) is 0.880. The van der Waals surface area contributed by atoms with E-state index in [0.29, 0.717) is 24.0 Å². The van der Waals surface area contributed by atoms with Gasteiger partial charge in [0.25, 0.3) is 0 Å². The van der Waals surface area contributed by atoms with Gasteiger partial charge in [0.15, 0.2) is 0 Å². The molecule has 3 aliphatic carbocycles. The Morgan fingerprint density at radius 1 is 1.21 bits per heavy atom. The maximum absolute atomic E-state index is 14.1. The molecule has 3 fully saturated rings. The minimum Gasteiger partial charge on any atom is -0.381 e. The molecule has 4 nitrogen and oxygen atoms in total. The Kier molecular flexibility index (Phi) is 6.40. The van der Waals surface area contributed by atoms with Crippen molar-refractivity contribution in [2.24, 2.45) is 39.9 Å². The second kappa shape index (κ2) is 8.09. The van der Waals surface area contributed by atoms with E-state index in [2.05, 4.69) is 41.2 Å². The van der Waals surface area contributed by atoms with Crippen molar-refractivity contribution >= 4 is 5.78 Å². The first-order valence-electron chi connectivity index (χ1n) is 11.4. The van der Waals surface area contributed by atoms with Gasteiger partial charge in [-0.2, -0.15) is 0 Å². The predicted octanol–water partition coefficient (Wildman–Crippen LogP) is 5.26. The number of methoxy groups -OCH3 is 2. The average Bonchev–Trinajstić information content (AvgIpc) is 3.12. The first-order valence-corrected chi connectivity index (χ1v) is 11.4. The van der Waals surface area contributed by atoms with Crippen LogP contribution in [-0.4, -0.2) is 39.0 Å². The Balaban J connectivity index is 2.21. The summed E-state index contributed by atoms with van der Waals surface area (Å²) < 4.78 is 17.8. The molecule has 9 atom stereocenters. The Morgan fingerprint density at radius 3 is 2.45 bits per heavy atom. The van der Waals surface area contributed by atoms with Crippen molar-refractivity contribution < 1.29 is 19.0 Å². The van der Waals surface area contributed by atoms with Crippen LogP contribution >= 0.6 is 0 Å². The number of carbonyl (C=O) groups is 1. The fourth-order valence-corrected chi connectivity index (χ4v) is 7.50. The number of ketones is 1. The number of rotatable bonds is 6. The van der Waals surface area contributed by atoms with E-state index in [1.807, 2.05) is 13.2 Å². The molecule has 0 aromatic heterocycles. The SMILES string of the molecule is C=CC(C)[C@]1(C)C[C@@H](OCOC)[C@@]2(C)C3[C@H](OC)CCC3(CC[C@H]2C)[C@@H](C)C1=O. The lowest BCUT2D eigenvalue weighted by Gasteiger charge is -2.62. The monoisotopic (exact) mass is 406 g/mol. The molecule has 0 amide bonds. The molecular weight excluding hydrogens is 364 g/mol. The smallest absolute Gasteiger partial charge is 0.146 e. The molecule has 0 N–H and O–H groups in total. The van der Waals surface area contributed by atoms with Crippen LogP contribution in [0, 0.1) is 39.9 Å². The van der Waals surface area contributed by atoms with Gasteiger partial charge in [-0.05, 0) is 55.3 Å². The molecule has 3 aliphatic rings. The summed E-state index contributed by atoms with van der Waals surface area (Å²) in [5.41, 5.74) is -0.553. The minimum absolute atomic E-state index is 0.00370. The van der Waals surface area contributed by atoms with Gasteiger partial charge in [0.1, 0.15) is 12.6 Å². The van der Waals surface area contributed by atoms with Crippen LogP contribution in [0.2, 0.25) is 0 Å². The Bertz CT molecular complexity index is 632. The predicted molar refractivity (Wildman–Crippen MR) is 115 cm³/mol. The van der Waals surface area contributed by atoms with Crippen molar-refractivity contribution in [3.8, 4) is 0 Å². The molecule has 0 radical (unpaired) electrons. The molecule has 4 heteroatoms. The zero-order valence-electron chi connectivity index (χ0n) is 19.6. The number of hydrogen-bond acceptors (Lipinski definition) is 4. The summed E-state index contributed by atoms with van der Waals surface area (Å²) in [4.78, 5) is 14.1. The highest BCUT2D eigenvalue weighted by molar-refractivity contribution is 5.88. The van der Waals surface area contributed by atoms with Gasteiger partial charge in [-0.3, -0.25) is 4.79 Å². The lowest BCUT2D eigenvalue weighted by atomic mass is 9.43. The highest BCUT2D eigenvalue weighted by Crippen LogP contribution is 2.69. The zero-order chi connectivity index (χ0) is 21.6. The lowest BCUT2D eigenvalue weighted by Crippen LogP contribution is -2.63. The van der Waals surface area contributed by atoms with Crippen molar-refractivity contribution in [2.45, 2.75) is 78.9 Å². The van der Waals surface area contributed by atoms with Crippen molar-refractivity contribution in [3.63, 3.8) is 0 Å². The van der Waals surface area contributed by atoms with Crippen LogP contribution in [0.1, 0.15) is 66.7 Å². The third kappa shape index (κ3) is 3.16. The lowest BCUT2D eigenvalue weighted by molar-refractivity contribution is -0.221. The van der Waals surface area contributed by atoms with Gasteiger partial charge in [-0.1, -0.05) is 40.7 Å². The van der Waals surface area contributed by atoms with Crippen LogP contribution < -0.4 is 0 Å². The highest BCUT2D eigenvalue weighted by atomic mass is 16.7. The molecule has 0 aromatic carbocycles. The topological polar surface area (TPSA) is 44.8 Å². The number of carbonyl (C=O) groups excluding carboxylic acids is 1. The van der Waals surface area contributed by atoms with Crippen LogP contribution in [-0.2, 0) is 19.0 Å². The summed E-state index contributed by atoms with van der Waals surface area (Å²) in [5.74, 6) is 1.33. The van der Waals surface area contributed by atoms with Gasteiger partial charge in [0.05, 0.1) is 12.2 Å². The summed E-state index contributed by atoms with van der Waals surface area (Å²) in [5, 5.41) is 0. The van der Waals surface area contributed by atoms with Crippen molar-refractivity contribution in [2.75, 3.05) is 21.0 Å². The maximum Gasteiger partial charge on any atom is 0.146 e. The molecule has 3 saturated carbocycles. The largest absolute Gasteiger partial charge is 0.381 e. The van der Waals surface area contributed by atoms with Gasteiger partial charge < -0.3 is 14.2 Å². The summed E-state index contributed by atoms with van der Waals surface area (Å²) in [7, 11) is 3.51. The van der Waals surface area contributed by atoms with E-state index >= 15 is 0 Å². The molecular formula is C25H42O4. The standard InChI is InChI=1S/C25H42O4/c1-9-16(2)23(5)14-20(29-15-27-7)24(6)17(3)10-12-25(18(4)22(23)26)13-11-19(28-8)21(24)25/h9,16-21H,1,10-15H2,2-8H3/t16?,17-,18+,19-,20-,21?,23+,24+,25?/m1/s1. The quantitative estimate of drug-likeness (QED) is 0.446. The van der Waals surface area contributed by atoms with Crippen LogP contribution in [0.3, 0.4) is 0 Å². The van der Waals surface area contributed by atoms with E-state index in [1.54, 1.807) is 7.11 Å². The molecule has 0 aliphatic heterocycles. The van der Waals surface area contributed by atoms with Crippen LogP contribution in [0.4, 0.5) is 0 Å².